The van der Waals surface area contributed by atoms with Crippen LogP contribution in [0.15, 0.2) is 48.7 Å². The van der Waals surface area contributed by atoms with Gasteiger partial charge in [0.1, 0.15) is 6.54 Å². The molecular weight excluding hydrogens is 412 g/mol. The summed E-state index contributed by atoms with van der Waals surface area (Å²) in [7, 11) is 0. The van der Waals surface area contributed by atoms with E-state index < -0.39 is 5.41 Å². The van der Waals surface area contributed by atoms with Crippen LogP contribution in [-0.2, 0) is 21.5 Å². The molecule has 0 aliphatic carbocycles. The first kappa shape index (κ1) is 24.5. The van der Waals surface area contributed by atoms with Gasteiger partial charge in [0.25, 0.3) is 0 Å². The highest BCUT2D eigenvalue weighted by Crippen LogP contribution is 2.32. The van der Waals surface area contributed by atoms with Crippen LogP contribution in [0.1, 0.15) is 61.0 Å². The van der Waals surface area contributed by atoms with E-state index in [1.54, 1.807) is 6.20 Å². The van der Waals surface area contributed by atoms with Crippen LogP contribution in [0.4, 0.5) is 0 Å². The molecule has 0 spiro atoms. The first-order chi connectivity index (χ1) is 15.2. The summed E-state index contributed by atoms with van der Waals surface area (Å²) in [5.74, 6) is -0.0885. The molecule has 3 aromatic rings. The van der Waals surface area contributed by atoms with Gasteiger partial charge in [-0.3, -0.25) is 14.6 Å². The highest BCUT2D eigenvalue weighted by molar-refractivity contribution is 5.92. The Morgan fingerprint density at radius 3 is 2.12 bits per heavy atom. The summed E-state index contributed by atoms with van der Waals surface area (Å²) in [6, 6.07) is 13.8. The lowest BCUT2D eigenvalue weighted by molar-refractivity contribution is -0.127. The van der Waals surface area contributed by atoms with Crippen molar-refractivity contribution in [2.75, 3.05) is 0 Å². The fourth-order valence-corrected chi connectivity index (χ4v) is 3.79. The Kier molecular flexibility index (Phi) is 6.42. The number of nitrogens with one attached hydrogen (secondary N) is 2. The number of hydrogen-bond donors (Lipinski definition) is 2. The number of carbonyl (C=O) groups excluding carboxylic acids is 2. The van der Waals surface area contributed by atoms with Gasteiger partial charge in [0.2, 0.25) is 11.8 Å². The summed E-state index contributed by atoms with van der Waals surface area (Å²) in [5, 5.41) is 7.10. The lowest BCUT2D eigenvalue weighted by Crippen LogP contribution is -2.48. The summed E-state index contributed by atoms with van der Waals surface area (Å²) in [6.45, 7) is 15.9. The molecule has 0 unspecified atom stereocenters. The fourth-order valence-electron chi connectivity index (χ4n) is 3.79. The highest BCUT2D eigenvalue weighted by Gasteiger charge is 2.32. The number of nitrogens with zero attached hydrogens (tertiary/aromatic N) is 2. The Balaban J connectivity index is 2.08. The zero-order valence-electron chi connectivity index (χ0n) is 21.0. The quantitative estimate of drug-likeness (QED) is 0.588. The average molecular weight is 449 g/mol. The molecule has 0 atom stereocenters. The Labute approximate surface area is 196 Å². The van der Waals surface area contributed by atoms with Crippen molar-refractivity contribution in [2.45, 2.75) is 78.4 Å². The van der Waals surface area contributed by atoms with Crippen molar-refractivity contribution in [3.63, 3.8) is 0 Å². The molecule has 0 bridgehead atoms. The Hall–Kier alpha value is -3.15. The van der Waals surface area contributed by atoms with Crippen molar-refractivity contribution in [1.29, 1.82) is 0 Å². The largest absolute Gasteiger partial charge is 0.351 e. The van der Waals surface area contributed by atoms with Gasteiger partial charge in [0.05, 0.1) is 16.8 Å². The monoisotopic (exact) mass is 448 g/mol. The zero-order valence-corrected chi connectivity index (χ0v) is 21.0. The van der Waals surface area contributed by atoms with Crippen LogP contribution < -0.4 is 10.6 Å². The van der Waals surface area contributed by atoms with Gasteiger partial charge in [-0.25, -0.2) is 0 Å². The summed E-state index contributed by atoms with van der Waals surface area (Å²) in [4.78, 5) is 30.3. The maximum absolute atomic E-state index is 13.0. The van der Waals surface area contributed by atoms with Crippen molar-refractivity contribution in [2.24, 2.45) is 0 Å². The third kappa shape index (κ3) is 5.81. The minimum Gasteiger partial charge on any atom is -0.351 e. The second-order valence-electron chi connectivity index (χ2n) is 11.2. The molecule has 33 heavy (non-hydrogen) atoms. The Morgan fingerprint density at radius 2 is 1.55 bits per heavy atom. The standard InChI is InChI=1S/C27H36N4O2/c1-25(2,3)29-23(32)17-31-21-13-12-19(27(7,8)24(33)30-26(4,5)6)15-18(21)16-22(31)20-11-9-10-14-28-20/h9-16H,17H2,1-8H3,(H,29,32)(H,30,33). The number of aromatic nitrogens is 2. The van der Waals surface area contributed by atoms with Gasteiger partial charge in [-0.1, -0.05) is 12.1 Å². The van der Waals surface area contributed by atoms with Crippen LogP contribution in [0.2, 0.25) is 0 Å². The number of rotatable bonds is 5. The highest BCUT2D eigenvalue weighted by atomic mass is 16.2. The molecule has 0 fully saturated rings. The number of fused-ring (bicyclic) bond motifs is 1. The number of carbonyl (C=O) groups is 2. The van der Waals surface area contributed by atoms with Gasteiger partial charge in [-0.15, -0.1) is 0 Å². The lowest BCUT2D eigenvalue weighted by atomic mass is 9.82. The summed E-state index contributed by atoms with van der Waals surface area (Å²) >= 11 is 0. The van der Waals surface area contributed by atoms with Crippen molar-refractivity contribution >= 4 is 22.7 Å². The topological polar surface area (TPSA) is 76.0 Å². The zero-order chi connectivity index (χ0) is 24.6. The van der Waals surface area contributed by atoms with Gasteiger partial charge < -0.3 is 15.2 Å². The van der Waals surface area contributed by atoms with E-state index in [1.807, 2.05) is 102 Å². The third-order valence-corrected chi connectivity index (χ3v) is 5.42. The summed E-state index contributed by atoms with van der Waals surface area (Å²) in [5.41, 5.74) is 2.17. The molecule has 0 saturated heterocycles. The normalized spacial score (nSPS) is 12.6. The van der Waals surface area contributed by atoms with Gasteiger partial charge in [-0.2, -0.15) is 0 Å². The molecule has 6 nitrogen and oxygen atoms in total. The average Bonchev–Trinajstić information content (AvgIpc) is 3.03. The number of pyridine rings is 1. The van der Waals surface area contributed by atoms with E-state index in [4.69, 9.17) is 0 Å². The second kappa shape index (κ2) is 8.65. The molecule has 2 amide bonds. The molecule has 0 saturated carbocycles. The van der Waals surface area contributed by atoms with Gasteiger partial charge >= 0.3 is 0 Å². The molecule has 2 aromatic heterocycles. The van der Waals surface area contributed by atoms with Crippen LogP contribution >= 0.6 is 0 Å². The van der Waals surface area contributed by atoms with E-state index in [9.17, 15) is 9.59 Å². The molecule has 2 N–H and O–H groups in total. The number of amides is 2. The van der Waals surface area contributed by atoms with Crippen LogP contribution in [0.3, 0.4) is 0 Å². The summed E-state index contributed by atoms with van der Waals surface area (Å²) < 4.78 is 1.99. The van der Waals surface area contributed by atoms with E-state index in [1.165, 1.54) is 0 Å². The van der Waals surface area contributed by atoms with E-state index in [-0.39, 0.29) is 29.4 Å². The van der Waals surface area contributed by atoms with Gasteiger partial charge in [-0.05, 0) is 91.3 Å². The summed E-state index contributed by atoms with van der Waals surface area (Å²) in [6.07, 6.45) is 1.75. The van der Waals surface area contributed by atoms with Crippen LogP contribution in [0.25, 0.3) is 22.3 Å². The minimum atomic E-state index is -0.710. The maximum atomic E-state index is 13.0. The molecule has 0 radical (unpaired) electrons. The molecule has 6 heteroatoms. The fraction of sp³-hybridized carbons (Fsp3) is 0.444. The van der Waals surface area contributed by atoms with Crippen molar-refractivity contribution in [1.82, 2.24) is 20.2 Å². The van der Waals surface area contributed by atoms with Gasteiger partial charge in [0, 0.05) is 28.2 Å². The maximum Gasteiger partial charge on any atom is 0.240 e. The van der Waals surface area contributed by atoms with Crippen LogP contribution in [0, 0.1) is 0 Å². The first-order valence-electron chi connectivity index (χ1n) is 11.4. The number of benzene rings is 1. The van der Waals surface area contributed by atoms with Crippen LogP contribution in [0.5, 0.6) is 0 Å². The first-order valence-corrected chi connectivity index (χ1v) is 11.4. The predicted octanol–water partition coefficient (Wildman–Crippen LogP) is 4.81. The number of hydrogen-bond acceptors (Lipinski definition) is 3. The van der Waals surface area contributed by atoms with Gasteiger partial charge in [0.15, 0.2) is 0 Å². The third-order valence-electron chi connectivity index (χ3n) is 5.42. The molecule has 0 aliphatic heterocycles. The van der Waals surface area contributed by atoms with Crippen molar-refractivity contribution < 1.29 is 9.59 Å². The van der Waals surface area contributed by atoms with E-state index >= 15 is 0 Å². The predicted molar refractivity (Wildman–Crippen MR) is 134 cm³/mol. The van der Waals surface area contributed by atoms with Crippen molar-refractivity contribution in [3.05, 3.63) is 54.2 Å². The molecule has 1 aromatic carbocycles. The molecule has 0 aliphatic rings. The van der Waals surface area contributed by atoms with E-state index in [0.29, 0.717) is 0 Å². The second-order valence-corrected chi connectivity index (χ2v) is 11.2. The van der Waals surface area contributed by atoms with Crippen LogP contribution in [-0.4, -0.2) is 32.4 Å². The smallest absolute Gasteiger partial charge is 0.240 e. The SMILES string of the molecule is CC(C)(C)NC(=O)Cn1c(-c2ccccn2)cc2cc(C(C)(C)C(=O)NC(C)(C)C)ccc21. The molecule has 2 heterocycles. The molecule has 3 rings (SSSR count). The van der Waals surface area contributed by atoms with E-state index in [2.05, 4.69) is 15.6 Å². The Morgan fingerprint density at radius 1 is 0.879 bits per heavy atom. The van der Waals surface area contributed by atoms with E-state index in [0.717, 1.165) is 27.9 Å². The lowest BCUT2D eigenvalue weighted by Gasteiger charge is -2.30. The molecular formula is C27H36N4O2. The molecule has 176 valence electrons. The Bertz CT molecular complexity index is 1160. The van der Waals surface area contributed by atoms with Crippen molar-refractivity contribution in [3.8, 4) is 11.4 Å². The minimum absolute atomic E-state index is 0.0247.